The van der Waals surface area contributed by atoms with Crippen molar-refractivity contribution in [2.45, 2.75) is 31.7 Å². The summed E-state index contributed by atoms with van der Waals surface area (Å²) in [6.07, 6.45) is 4.10. The van der Waals surface area contributed by atoms with Crippen LogP contribution in [0, 0.1) is 5.82 Å². The molecule has 4 rings (SSSR count). The van der Waals surface area contributed by atoms with Crippen LogP contribution in [0.3, 0.4) is 0 Å². The second kappa shape index (κ2) is 7.94. The van der Waals surface area contributed by atoms with Gasteiger partial charge >= 0.3 is 0 Å². The minimum Gasteiger partial charge on any atom is -0.340 e. The van der Waals surface area contributed by atoms with Gasteiger partial charge in [0.15, 0.2) is 0 Å². The third-order valence-corrected chi connectivity index (χ3v) is 5.77. The molecule has 6 nitrogen and oxygen atoms in total. The predicted molar refractivity (Wildman–Crippen MR) is 103 cm³/mol. The lowest BCUT2D eigenvalue weighted by Gasteiger charge is -2.36. The fraction of sp³-hybridized carbons (Fsp3) is 0.600. The molecule has 2 aliphatic rings. The van der Waals surface area contributed by atoms with E-state index in [0.29, 0.717) is 12.1 Å². The van der Waals surface area contributed by atoms with Crippen LogP contribution in [0.15, 0.2) is 18.2 Å². The Morgan fingerprint density at radius 3 is 2.96 bits per heavy atom. The maximum Gasteiger partial charge on any atom is 0.237 e. The van der Waals surface area contributed by atoms with E-state index in [9.17, 15) is 9.18 Å². The van der Waals surface area contributed by atoms with Crippen LogP contribution in [-0.4, -0.2) is 76.9 Å². The number of nitrogens with zero attached hydrogens (tertiary/aromatic N) is 4. The SMILES string of the molecule is CN1CCCN(CC(=O)N2CCCC[C@H]2c2nc3ccc(F)cc3[nH]2)CC1. The van der Waals surface area contributed by atoms with E-state index in [2.05, 4.69) is 26.8 Å². The number of aromatic nitrogens is 2. The number of carbonyl (C=O) groups is 1. The molecule has 1 aromatic carbocycles. The summed E-state index contributed by atoms with van der Waals surface area (Å²) < 4.78 is 13.5. The highest BCUT2D eigenvalue weighted by Gasteiger charge is 2.31. The number of benzene rings is 1. The number of piperidine rings is 1. The van der Waals surface area contributed by atoms with Gasteiger partial charge in [-0.3, -0.25) is 9.69 Å². The van der Waals surface area contributed by atoms with Gasteiger partial charge in [0, 0.05) is 19.6 Å². The summed E-state index contributed by atoms with van der Waals surface area (Å²) in [5.41, 5.74) is 1.44. The summed E-state index contributed by atoms with van der Waals surface area (Å²) in [7, 11) is 2.14. The van der Waals surface area contributed by atoms with Gasteiger partial charge in [0.05, 0.1) is 23.6 Å². The molecule has 27 heavy (non-hydrogen) atoms. The molecular formula is C20H28FN5O. The second-order valence-corrected chi connectivity index (χ2v) is 7.82. The number of rotatable bonds is 3. The van der Waals surface area contributed by atoms with E-state index in [1.807, 2.05) is 4.90 Å². The molecule has 2 saturated heterocycles. The van der Waals surface area contributed by atoms with Crippen molar-refractivity contribution in [1.29, 1.82) is 0 Å². The van der Waals surface area contributed by atoms with Crippen molar-refractivity contribution < 1.29 is 9.18 Å². The first-order valence-electron chi connectivity index (χ1n) is 9.96. The molecule has 1 N–H and O–H groups in total. The van der Waals surface area contributed by atoms with Gasteiger partial charge in [-0.25, -0.2) is 9.37 Å². The van der Waals surface area contributed by atoms with Crippen molar-refractivity contribution in [3.63, 3.8) is 0 Å². The van der Waals surface area contributed by atoms with Gasteiger partial charge in [0.25, 0.3) is 0 Å². The summed E-state index contributed by atoms with van der Waals surface area (Å²) in [5.74, 6) is 0.676. The Morgan fingerprint density at radius 1 is 1.19 bits per heavy atom. The smallest absolute Gasteiger partial charge is 0.237 e. The van der Waals surface area contributed by atoms with Gasteiger partial charge in [0.1, 0.15) is 11.6 Å². The molecule has 7 heteroatoms. The topological polar surface area (TPSA) is 55.5 Å². The van der Waals surface area contributed by atoms with Gasteiger partial charge < -0.3 is 14.8 Å². The number of H-pyrrole nitrogens is 1. The van der Waals surface area contributed by atoms with E-state index in [4.69, 9.17) is 0 Å². The molecule has 0 spiro atoms. The van der Waals surface area contributed by atoms with Crippen LogP contribution < -0.4 is 0 Å². The highest BCUT2D eigenvalue weighted by molar-refractivity contribution is 5.79. The number of fused-ring (bicyclic) bond motifs is 1. The quantitative estimate of drug-likeness (QED) is 0.898. The summed E-state index contributed by atoms with van der Waals surface area (Å²) in [4.78, 5) is 27.5. The molecule has 2 fully saturated rings. The Hall–Kier alpha value is -1.99. The first kappa shape index (κ1) is 18.4. The summed E-state index contributed by atoms with van der Waals surface area (Å²) in [5, 5.41) is 0. The Kier molecular flexibility index (Phi) is 5.41. The first-order valence-corrected chi connectivity index (χ1v) is 9.96. The van der Waals surface area contributed by atoms with E-state index in [1.165, 1.54) is 12.1 Å². The lowest BCUT2D eigenvalue weighted by Crippen LogP contribution is -2.45. The Bertz CT molecular complexity index is 807. The molecule has 3 heterocycles. The fourth-order valence-electron chi connectivity index (χ4n) is 4.21. The average molecular weight is 373 g/mol. The van der Waals surface area contributed by atoms with Crippen LogP contribution in [0.5, 0.6) is 0 Å². The monoisotopic (exact) mass is 373 g/mol. The van der Waals surface area contributed by atoms with Crippen molar-refractivity contribution in [3.8, 4) is 0 Å². The molecular weight excluding hydrogens is 345 g/mol. The van der Waals surface area contributed by atoms with E-state index < -0.39 is 0 Å². The highest BCUT2D eigenvalue weighted by Crippen LogP contribution is 2.30. The number of hydrogen-bond donors (Lipinski definition) is 1. The van der Waals surface area contributed by atoms with E-state index in [0.717, 1.165) is 69.7 Å². The van der Waals surface area contributed by atoms with Crippen LogP contribution in [0.4, 0.5) is 4.39 Å². The van der Waals surface area contributed by atoms with E-state index >= 15 is 0 Å². The second-order valence-electron chi connectivity index (χ2n) is 7.82. The standard InChI is InChI=1S/C20H28FN5O/c1-24-8-4-9-25(12-11-24)14-19(27)26-10-3-2-5-18(26)20-22-16-7-6-15(21)13-17(16)23-20/h6-7,13,18H,2-5,8-12,14H2,1H3,(H,22,23)/t18-/m0/s1. The predicted octanol–water partition coefficient (Wildman–Crippen LogP) is 2.39. The van der Waals surface area contributed by atoms with Gasteiger partial charge in [-0.1, -0.05) is 0 Å². The summed E-state index contributed by atoms with van der Waals surface area (Å²) in [6, 6.07) is 4.53. The van der Waals surface area contributed by atoms with Gasteiger partial charge in [0.2, 0.25) is 5.91 Å². The maximum atomic E-state index is 13.5. The van der Waals surface area contributed by atoms with Crippen molar-refractivity contribution in [3.05, 3.63) is 29.8 Å². The molecule has 2 aromatic rings. The fourth-order valence-corrected chi connectivity index (χ4v) is 4.21. The van der Waals surface area contributed by atoms with Gasteiger partial charge in [-0.15, -0.1) is 0 Å². The Labute approximate surface area is 159 Å². The normalized spacial score (nSPS) is 22.9. The zero-order valence-corrected chi connectivity index (χ0v) is 16.0. The van der Waals surface area contributed by atoms with Crippen molar-refractivity contribution in [2.75, 3.05) is 46.3 Å². The Balaban J connectivity index is 1.50. The summed E-state index contributed by atoms with van der Waals surface area (Å²) >= 11 is 0. The summed E-state index contributed by atoms with van der Waals surface area (Å²) in [6.45, 7) is 5.24. The lowest BCUT2D eigenvalue weighted by atomic mass is 10.0. The molecule has 0 bridgehead atoms. The molecule has 1 atom stereocenters. The minimum atomic E-state index is -0.277. The van der Waals surface area contributed by atoms with E-state index in [1.54, 1.807) is 6.07 Å². The molecule has 0 saturated carbocycles. The number of amides is 1. The molecule has 1 aromatic heterocycles. The molecule has 146 valence electrons. The molecule has 1 amide bonds. The number of aromatic amines is 1. The number of hydrogen-bond acceptors (Lipinski definition) is 4. The zero-order chi connectivity index (χ0) is 18.8. The first-order chi connectivity index (χ1) is 13.1. The van der Waals surface area contributed by atoms with Crippen molar-refractivity contribution in [1.82, 2.24) is 24.7 Å². The molecule has 0 radical (unpaired) electrons. The van der Waals surface area contributed by atoms with Crippen molar-refractivity contribution in [2.24, 2.45) is 0 Å². The number of likely N-dealkylation sites (tertiary alicyclic amines) is 1. The van der Waals surface area contributed by atoms with Crippen LogP contribution in [0.2, 0.25) is 0 Å². The van der Waals surface area contributed by atoms with Crippen LogP contribution >= 0.6 is 0 Å². The van der Waals surface area contributed by atoms with Crippen LogP contribution in [-0.2, 0) is 4.79 Å². The third kappa shape index (κ3) is 4.14. The number of imidazole rings is 1. The number of halogens is 1. The number of likely N-dealkylation sites (N-methyl/N-ethyl adjacent to an activating group) is 1. The van der Waals surface area contributed by atoms with Gasteiger partial charge in [-0.05, 0) is 64.0 Å². The van der Waals surface area contributed by atoms with E-state index in [-0.39, 0.29) is 17.8 Å². The molecule has 2 aliphatic heterocycles. The van der Waals surface area contributed by atoms with Crippen molar-refractivity contribution >= 4 is 16.9 Å². The average Bonchev–Trinajstić information content (AvgIpc) is 2.98. The number of nitrogens with one attached hydrogen (secondary N) is 1. The minimum absolute atomic E-state index is 0.0450. The molecule has 0 unspecified atom stereocenters. The zero-order valence-electron chi connectivity index (χ0n) is 16.0. The largest absolute Gasteiger partial charge is 0.340 e. The molecule has 0 aliphatic carbocycles. The Morgan fingerprint density at radius 2 is 2.07 bits per heavy atom. The number of carbonyl (C=O) groups excluding carboxylic acids is 1. The van der Waals surface area contributed by atoms with Crippen LogP contribution in [0.25, 0.3) is 11.0 Å². The highest BCUT2D eigenvalue weighted by atomic mass is 19.1. The lowest BCUT2D eigenvalue weighted by molar-refractivity contribution is -0.136. The van der Waals surface area contributed by atoms with Crippen LogP contribution in [0.1, 0.15) is 37.5 Å². The third-order valence-electron chi connectivity index (χ3n) is 5.77. The maximum absolute atomic E-state index is 13.5. The van der Waals surface area contributed by atoms with Gasteiger partial charge in [-0.2, -0.15) is 0 Å².